The van der Waals surface area contributed by atoms with E-state index in [2.05, 4.69) is 6.58 Å². The molecule has 1 rings (SSSR count). The summed E-state index contributed by atoms with van der Waals surface area (Å²) in [4.78, 5) is 37.4. The van der Waals surface area contributed by atoms with Crippen LogP contribution in [0.3, 0.4) is 0 Å². The van der Waals surface area contributed by atoms with Crippen LogP contribution >= 0.6 is 0 Å². The van der Waals surface area contributed by atoms with E-state index in [1.165, 1.54) is 18.1 Å². The van der Waals surface area contributed by atoms with Crippen LogP contribution < -0.4 is 0 Å². The minimum Gasteiger partial charge on any atom is -0.480 e. The molecule has 1 unspecified atom stereocenters. The highest BCUT2D eigenvalue weighted by atomic mass is 16.5. The third-order valence-corrected chi connectivity index (χ3v) is 3.17. The molecule has 1 aliphatic heterocycles. The quantitative estimate of drug-likeness (QED) is 0.593. The lowest BCUT2D eigenvalue weighted by molar-refractivity contribution is -0.147. The van der Waals surface area contributed by atoms with E-state index < -0.39 is 30.6 Å². The van der Waals surface area contributed by atoms with E-state index in [4.69, 9.17) is 9.84 Å². The summed E-state index contributed by atoms with van der Waals surface area (Å²) in [5.41, 5.74) is 0. The van der Waals surface area contributed by atoms with Gasteiger partial charge in [0, 0.05) is 13.1 Å². The number of urea groups is 1. The van der Waals surface area contributed by atoms with Crippen LogP contribution in [0.2, 0.25) is 0 Å². The average molecular weight is 284 g/mol. The van der Waals surface area contributed by atoms with Gasteiger partial charge >= 0.3 is 18.0 Å². The maximum Gasteiger partial charge on any atom is 0.328 e. The van der Waals surface area contributed by atoms with Crippen LogP contribution in [0.4, 0.5) is 4.79 Å². The van der Waals surface area contributed by atoms with Crippen molar-refractivity contribution in [3.63, 3.8) is 0 Å². The lowest BCUT2D eigenvalue weighted by atomic mass is 10.0. The number of rotatable bonds is 5. The number of esters is 1. The van der Waals surface area contributed by atoms with E-state index in [9.17, 15) is 14.4 Å². The van der Waals surface area contributed by atoms with Crippen LogP contribution in [-0.4, -0.2) is 65.7 Å². The number of carboxylic acid groups (broad SMARTS) is 1. The van der Waals surface area contributed by atoms with Crippen LogP contribution in [0.25, 0.3) is 0 Å². The van der Waals surface area contributed by atoms with Gasteiger partial charge in [-0.25, -0.2) is 9.59 Å². The Morgan fingerprint density at radius 1 is 1.45 bits per heavy atom. The molecule has 0 aliphatic carbocycles. The Hall–Kier alpha value is -2.05. The van der Waals surface area contributed by atoms with Gasteiger partial charge in [-0.1, -0.05) is 6.08 Å². The summed E-state index contributed by atoms with van der Waals surface area (Å²) in [7, 11) is 1.28. The second-order valence-corrected chi connectivity index (χ2v) is 4.57. The molecule has 7 nitrogen and oxygen atoms in total. The third-order valence-electron chi connectivity index (χ3n) is 3.17. The van der Waals surface area contributed by atoms with Crippen molar-refractivity contribution < 1.29 is 24.2 Å². The van der Waals surface area contributed by atoms with Crippen molar-refractivity contribution in [2.75, 3.05) is 26.7 Å². The molecule has 20 heavy (non-hydrogen) atoms. The first kappa shape index (κ1) is 16.0. The highest BCUT2D eigenvalue weighted by Crippen LogP contribution is 2.19. The van der Waals surface area contributed by atoms with Gasteiger partial charge in [-0.2, -0.15) is 0 Å². The van der Waals surface area contributed by atoms with E-state index >= 15 is 0 Å². The fourth-order valence-electron chi connectivity index (χ4n) is 2.25. The number of amides is 2. The molecule has 0 bridgehead atoms. The Morgan fingerprint density at radius 3 is 2.70 bits per heavy atom. The van der Waals surface area contributed by atoms with Crippen LogP contribution in [-0.2, 0) is 14.3 Å². The van der Waals surface area contributed by atoms with Gasteiger partial charge in [-0.05, 0) is 19.3 Å². The SMILES string of the molecule is C=CCN(CC(=O)O)C(=O)N1CCCCC1C(=O)OC. The molecule has 0 aromatic carbocycles. The molecule has 1 N–H and O–H groups in total. The molecule has 7 heteroatoms. The normalized spacial score (nSPS) is 18.2. The number of nitrogens with zero attached hydrogens (tertiary/aromatic N) is 2. The predicted octanol–water partition coefficient (Wildman–Crippen LogP) is 0.706. The molecule has 1 fully saturated rings. The molecular formula is C13H20N2O5. The van der Waals surface area contributed by atoms with Gasteiger partial charge in [0.2, 0.25) is 0 Å². The zero-order valence-corrected chi connectivity index (χ0v) is 11.6. The summed E-state index contributed by atoms with van der Waals surface area (Å²) in [6.07, 6.45) is 3.61. The number of likely N-dealkylation sites (tertiary alicyclic amines) is 1. The molecule has 1 saturated heterocycles. The summed E-state index contributed by atoms with van der Waals surface area (Å²) in [5.74, 6) is -1.57. The number of hydrogen-bond donors (Lipinski definition) is 1. The van der Waals surface area contributed by atoms with E-state index in [0.29, 0.717) is 13.0 Å². The second-order valence-electron chi connectivity index (χ2n) is 4.57. The predicted molar refractivity (Wildman–Crippen MR) is 71.2 cm³/mol. The van der Waals surface area contributed by atoms with Crippen molar-refractivity contribution in [2.45, 2.75) is 25.3 Å². The topological polar surface area (TPSA) is 87.2 Å². The zero-order chi connectivity index (χ0) is 15.1. The summed E-state index contributed by atoms with van der Waals surface area (Å²) in [6, 6.07) is -1.11. The summed E-state index contributed by atoms with van der Waals surface area (Å²) < 4.78 is 4.70. The van der Waals surface area contributed by atoms with Gasteiger partial charge in [0.15, 0.2) is 0 Å². The highest BCUT2D eigenvalue weighted by molar-refractivity contribution is 5.85. The van der Waals surface area contributed by atoms with Gasteiger partial charge in [0.05, 0.1) is 7.11 Å². The first-order chi connectivity index (χ1) is 9.51. The minimum atomic E-state index is -1.10. The molecule has 0 aromatic heterocycles. The monoisotopic (exact) mass is 284 g/mol. The highest BCUT2D eigenvalue weighted by Gasteiger charge is 2.35. The Balaban J connectivity index is 2.85. The van der Waals surface area contributed by atoms with E-state index in [0.717, 1.165) is 17.7 Å². The number of hydrogen-bond acceptors (Lipinski definition) is 4. The van der Waals surface area contributed by atoms with Crippen molar-refractivity contribution in [3.05, 3.63) is 12.7 Å². The zero-order valence-electron chi connectivity index (χ0n) is 11.6. The number of carboxylic acids is 1. The van der Waals surface area contributed by atoms with Gasteiger partial charge in [-0.15, -0.1) is 6.58 Å². The number of piperidine rings is 1. The lowest BCUT2D eigenvalue weighted by Gasteiger charge is -2.36. The Bertz CT molecular complexity index is 396. The Morgan fingerprint density at radius 2 is 2.15 bits per heavy atom. The standard InChI is InChI=1S/C13H20N2O5/c1-3-7-14(9-11(16)17)13(19)15-8-5-4-6-10(15)12(18)20-2/h3,10H,1,4-9H2,2H3,(H,16,17). The molecule has 0 aromatic rings. The molecule has 1 aliphatic rings. The number of carbonyl (C=O) groups excluding carboxylic acids is 2. The molecule has 1 atom stereocenters. The first-order valence-corrected chi connectivity index (χ1v) is 6.47. The van der Waals surface area contributed by atoms with E-state index in [1.807, 2.05) is 0 Å². The largest absolute Gasteiger partial charge is 0.480 e. The van der Waals surface area contributed by atoms with Crippen LogP contribution in [0.5, 0.6) is 0 Å². The average Bonchev–Trinajstić information content (AvgIpc) is 2.44. The van der Waals surface area contributed by atoms with Gasteiger partial charge < -0.3 is 19.6 Å². The fraction of sp³-hybridized carbons (Fsp3) is 0.615. The molecule has 0 radical (unpaired) electrons. The molecular weight excluding hydrogens is 264 g/mol. The fourth-order valence-corrected chi connectivity index (χ4v) is 2.25. The third kappa shape index (κ3) is 3.97. The van der Waals surface area contributed by atoms with E-state index in [1.54, 1.807) is 0 Å². The smallest absolute Gasteiger partial charge is 0.328 e. The van der Waals surface area contributed by atoms with Crippen molar-refractivity contribution >= 4 is 18.0 Å². The molecule has 112 valence electrons. The molecule has 0 saturated carbocycles. The summed E-state index contributed by atoms with van der Waals surface area (Å²) in [5, 5.41) is 8.84. The maximum absolute atomic E-state index is 12.4. The van der Waals surface area contributed by atoms with Crippen molar-refractivity contribution in [1.29, 1.82) is 0 Å². The number of methoxy groups -OCH3 is 1. The van der Waals surface area contributed by atoms with Crippen LogP contribution in [0.1, 0.15) is 19.3 Å². The van der Waals surface area contributed by atoms with Gasteiger partial charge in [-0.3, -0.25) is 4.79 Å². The number of carbonyl (C=O) groups is 3. The molecule has 2 amide bonds. The minimum absolute atomic E-state index is 0.121. The van der Waals surface area contributed by atoms with Crippen LogP contribution in [0.15, 0.2) is 12.7 Å². The van der Waals surface area contributed by atoms with Gasteiger partial charge in [0.1, 0.15) is 12.6 Å². The van der Waals surface area contributed by atoms with Gasteiger partial charge in [0.25, 0.3) is 0 Å². The number of aliphatic carboxylic acids is 1. The molecule has 0 spiro atoms. The maximum atomic E-state index is 12.4. The Kier molecular flexibility index (Phi) is 6.02. The first-order valence-electron chi connectivity index (χ1n) is 6.47. The van der Waals surface area contributed by atoms with Crippen molar-refractivity contribution in [3.8, 4) is 0 Å². The van der Waals surface area contributed by atoms with Crippen molar-refractivity contribution in [1.82, 2.24) is 9.80 Å². The van der Waals surface area contributed by atoms with Crippen LogP contribution in [0, 0.1) is 0 Å². The second kappa shape index (κ2) is 7.52. The lowest BCUT2D eigenvalue weighted by Crippen LogP contribution is -2.54. The Labute approximate surface area is 117 Å². The van der Waals surface area contributed by atoms with Crippen molar-refractivity contribution in [2.24, 2.45) is 0 Å². The number of ether oxygens (including phenoxy) is 1. The summed E-state index contributed by atoms with van der Waals surface area (Å²) in [6.45, 7) is 3.63. The van der Waals surface area contributed by atoms with E-state index in [-0.39, 0.29) is 6.54 Å². The summed E-state index contributed by atoms with van der Waals surface area (Å²) >= 11 is 0. The molecule has 1 heterocycles.